The predicted molar refractivity (Wildman–Crippen MR) is 100 cm³/mol. The lowest BCUT2D eigenvalue weighted by Crippen LogP contribution is -1.96. The van der Waals surface area contributed by atoms with E-state index in [4.69, 9.17) is 4.74 Å². The van der Waals surface area contributed by atoms with Crippen molar-refractivity contribution in [1.82, 2.24) is 15.2 Å². The van der Waals surface area contributed by atoms with Gasteiger partial charge in [0.2, 0.25) is 5.13 Å². The van der Waals surface area contributed by atoms with E-state index in [1.807, 2.05) is 48.5 Å². The Balaban J connectivity index is 1.47. The molecule has 0 aliphatic rings. The molecule has 0 fully saturated rings. The van der Waals surface area contributed by atoms with E-state index in [0.29, 0.717) is 6.61 Å². The summed E-state index contributed by atoms with van der Waals surface area (Å²) in [6.45, 7) is 2.42. The molecule has 0 unspecified atom stereocenters. The fraction of sp³-hybridized carbons (Fsp3) is 0.105. The van der Waals surface area contributed by atoms with Crippen LogP contribution in [0.3, 0.4) is 0 Å². The average Bonchev–Trinajstić information content (AvgIpc) is 3.09. The molecule has 0 atom stereocenters. The van der Waals surface area contributed by atoms with Crippen molar-refractivity contribution in [2.24, 2.45) is 0 Å². The average molecular weight is 348 g/mol. The number of nitrogens with zero attached hydrogens (tertiary/aromatic N) is 3. The van der Waals surface area contributed by atoms with Crippen LogP contribution in [0.1, 0.15) is 10.6 Å². The van der Waals surface area contributed by atoms with Crippen molar-refractivity contribution in [3.05, 3.63) is 71.4 Å². The third kappa shape index (κ3) is 3.44. The number of nitrogens with one attached hydrogen (secondary N) is 1. The second kappa shape index (κ2) is 6.86. The van der Waals surface area contributed by atoms with Crippen LogP contribution in [0, 0.1) is 6.92 Å². The lowest BCUT2D eigenvalue weighted by molar-refractivity contribution is 0.307. The first-order valence-corrected chi connectivity index (χ1v) is 8.73. The zero-order valence-corrected chi connectivity index (χ0v) is 14.5. The smallest absolute Gasteiger partial charge is 0.210 e. The number of para-hydroxylation sites is 2. The highest BCUT2D eigenvalue weighted by atomic mass is 32.1. The highest BCUT2D eigenvalue weighted by Crippen LogP contribution is 2.26. The lowest BCUT2D eigenvalue weighted by Gasteiger charge is -2.06. The molecule has 2 aromatic heterocycles. The predicted octanol–water partition coefficient (Wildman–Crippen LogP) is 4.72. The molecule has 0 radical (unpaired) electrons. The molecule has 0 aliphatic carbocycles. The van der Waals surface area contributed by atoms with Crippen molar-refractivity contribution in [1.29, 1.82) is 0 Å². The summed E-state index contributed by atoms with van der Waals surface area (Å²) < 4.78 is 5.91. The van der Waals surface area contributed by atoms with E-state index in [9.17, 15) is 0 Å². The van der Waals surface area contributed by atoms with Gasteiger partial charge in [0, 0.05) is 17.3 Å². The molecular formula is C19H16N4OS. The number of hydrogen-bond donors (Lipinski definition) is 1. The number of hydrogen-bond acceptors (Lipinski definition) is 6. The summed E-state index contributed by atoms with van der Waals surface area (Å²) >= 11 is 1.48. The molecule has 6 heteroatoms. The SMILES string of the molecule is Cc1ccccc1Nc1nnc(COc2cccc3cccnc23)s1. The van der Waals surface area contributed by atoms with E-state index in [0.717, 1.165) is 38.0 Å². The van der Waals surface area contributed by atoms with E-state index in [2.05, 4.69) is 33.5 Å². The summed E-state index contributed by atoms with van der Waals surface area (Å²) in [7, 11) is 0. The third-order valence-corrected chi connectivity index (χ3v) is 4.61. The number of aromatic nitrogens is 3. The molecule has 0 spiro atoms. The second-order valence-corrected chi connectivity index (χ2v) is 6.62. The number of pyridine rings is 1. The number of anilines is 2. The summed E-state index contributed by atoms with van der Waals surface area (Å²) in [5, 5.41) is 14.3. The molecule has 0 bridgehead atoms. The van der Waals surface area contributed by atoms with Gasteiger partial charge in [0.15, 0.2) is 5.01 Å². The van der Waals surface area contributed by atoms with Crippen LogP contribution in [-0.2, 0) is 6.61 Å². The van der Waals surface area contributed by atoms with Crippen molar-refractivity contribution >= 4 is 33.1 Å². The Hall–Kier alpha value is -2.99. The first-order valence-electron chi connectivity index (χ1n) is 7.91. The zero-order valence-electron chi connectivity index (χ0n) is 13.6. The van der Waals surface area contributed by atoms with Crippen molar-refractivity contribution in [2.75, 3.05) is 5.32 Å². The van der Waals surface area contributed by atoms with Gasteiger partial charge in [-0.3, -0.25) is 4.98 Å². The largest absolute Gasteiger partial charge is 0.484 e. The van der Waals surface area contributed by atoms with Gasteiger partial charge in [-0.15, -0.1) is 10.2 Å². The Bertz CT molecular complexity index is 1010. The van der Waals surface area contributed by atoms with E-state index in [1.165, 1.54) is 11.3 Å². The number of ether oxygens (including phenoxy) is 1. The van der Waals surface area contributed by atoms with E-state index in [1.54, 1.807) is 6.20 Å². The maximum Gasteiger partial charge on any atom is 0.210 e. The topological polar surface area (TPSA) is 59.9 Å². The fourth-order valence-corrected chi connectivity index (χ4v) is 3.19. The summed E-state index contributed by atoms with van der Waals surface area (Å²) in [5.41, 5.74) is 3.05. The summed E-state index contributed by atoms with van der Waals surface area (Å²) in [6.07, 6.45) is 1.77. The Morgan fingerprint density at radius 3 is 2.80 bits per heavy atom. The van der Waals surface area contributed by atoms with Crippen LogP contribution in [0.2, 0.25) is 0 Å². The molecule has 2 heterocycles. The van der Waals surface area contributed by atoms with Gasteiger partial charge in [-0.2, -0.15) is 0 Å². The number of rotatable bonds is 5. The molecule has 0 saturated carbocycles. The molecule has 25 heavy (non-hydrogen) atoms. The van der Waals surface area contributed by atoms with Gasteiger partial charge in [-0.05, 0) is 30.7 Å². The standard InChI is InChI=1S/C19H16N4OS/c1-13-6-2-3-9-15(13)21-19-23-22-17(25-19)12-24-16-10-4-7-14-8-5-11-20-18(14)16/h2-11H,12H2,1H3,(H,21,23). The highest BCUT2D eigenvalue weighted by molar-refractivity contribution is 7.15. The second-order valence-electron chi connectivity index (χ2n) is 5.56. The van der Waals surface area contributed by atoms with Crippen LogP contribution < -0.4 is 10.1 Å². The van der Waals surface area contributed by atoms with Crippen molar-refractivity contribution in [3.63, 3.8) is 0 Å². The van der Waals surface area contributed by atoms with Crippen molar-refractivity contribution in [2.45, 2.75) is 13.5 Å². The highest BCUT2D eigenvalue weighted by Gasteiger charge is 2.08. The Labute approximate surface area is 149 Å². The van der Waals surface area contributed by atoms with Crippen LogP contribution in [0.15, 0.2) is 60.8 Å². The number of aryl methyl sites for hydroxylation is 1. The molecule has 4 aromatic rings. The van der Waals surface area contributed by atoms with Crippen LogP contribution in [0.25, 0.3) is 10.9 Å². The minimum atomic E-state index is 0.364. The fourth-order valence-electron chi connectivity index (χ4n) is 2.52. The monoisotopic (exact) mass is 348 g/mol. The lowest BCUT2D eigenvalue weighted by atomic mass is 10.2. The van der Waals surface area contributed by atoms with Crippen molar-refractivity contribution in [3.8, 4) is 5.75 Å². The maximum atomic E-state index is 5.91. The van der Waals surface area contributed by atoms with Gasteiger partial charge in [0.1, 0.15) is 17.9 Å². The molecule has 2 aromatic carbocycles. The number of benzene rings is 2. The van der Waals surface area contributed by atoms with E-state index in [-0.39, 0.29) is 0 Å². The summed E-state index contributed by atoms with van der Waals surface area (Å²) in [6, 6.07) is 17.9. The molecule has 0 saturated heterocycles. The Kier molecular flexibility index (Phi) is 4.26. The van der Waals surface area contributed by atoms with Gasteiger partial charge in [0.25, 0.3) is 0 Å². The van der Waals surface area contributed by atoms with Gasteiger partial charge in [-0.1, -0.05) is 47.7 Å². The van der Waals surface area contributed by atoms with Gasteiger partial charge >= 0.3 is 0 Å². The zero-order chi connectivity index (χ0) is 17.1. The summed E-state index contributed by atoms with van der Waals surface area (Å²) in [4.78, 5) is 4.39. The van der Waals surface area contributed by atoms with Crippen LogP contribution >= 0.6 is 11.3 Å². The molecule has 0 aliphatic heterocycles. The van der Waals surface area contributed by atoms with Crippen LogP contribution in [-0.4, -0.2) is 15.2 Å². The van der Waals surface area contributed by atoms with E-state index >= 15 is 0 Å². The summed E-state index contributed by atoms with van der Waals surface area (Å²) in [5.74, 6) is 0.752. The Morgan fingerprint density at radius 2 is 1.88 bits per heavy atom. The first kappa shape index (κ1) is 15.5. The van der Waals surface area contributed by atoms with Gasteiger partial charge in [0.05, 0.1) is 0 Å². The molecule has 5 nitrogen and oxygen atoms in total. The van der Waals surface area contributed by atoms with Crippen LogP contribution in [0.5, 0.6) is 5.75 Å². The molecule has 124 valence electrons. The quantitative estimate of drug-likeness (QED) is 0.565. The Morgan fingerprint density at radius 1 is 1.00 bits per heavy atom. The molecule has 0 amide bonds. The number of fused-ring (bicyclic) bond motifs is 1. The minimum Gasteiger partial charge on any atom is -0.484 e. The first-order chi connectivity index (χ1) is 12.3. The van der Waals surface area contributed by atoms with E-state index < -0.39 is 0 Å². The van der Waals surface area contributed by atoms with Crippen molar-refractivity contribution < 1.29 is 4.74 Å². The normalized spacial score (nSPS) is 10.8. The third-order valence-electron chi connectivity index (χ3n) is 3.80. The molecule has 4 rings (SSSR count). The molecule has 1 N–H and O–H groups in total. The van der Waals surface area contributed by atoms with Gasteiger partial charge < -0.3 is 10.1 Å². The molecular weight excluding hydrogens is 332 g/mol. The minimum absolute atomic E-state index is 0.364. The van der Waals surface area contributed by atoms with Gasteiger partial charge in [-0.25, -0.2) is 0 Å². The van der Waals surface area contributed by atoms with Crippen LogP contribution in [0.4, 0.5) is 10.8 Å². The maximum absolute atomic E-state index is 5.91.